The zero-order valence-corrected chi connectivity index (χ0v) is 14.2. The standard InChI is InChI=1S/C15H23N3O3S/c1-4-12-16-10(3)14(22-12)17-13(19)11-7-6-8-18(9-11)15(20)21-5-2/h11H,4-9H2,1-3H3,(H,17,19)/t11-/m0/s1. The van der Waals surface area contributed by atoms with Crippen LogP contribution in [-0.4, -0.2) is 41.6 Å². The van der Waals surface area contributed by atoms with Crippen molar-refractivity contribution in [3.8, 4) is 0 Å². The van der Waals surface area contributed by atoms with Crippen LogP contribution in [0.4, 0.5) is 9.80 Å². The molecule has 1 aliphatic rings. The number of piperidine rings is 1. The van der Waals surface area contributed by atoms with Gasteiger partial charge in [0.1, 0.15) is 5.00 Å². The number of amides is 2. The highest BCUT2D eigenvalue weighted by molar-refractivity contribution is 7.16. The van der Waals surface area contributed by atoms with E-state index >= 15 is 0 Å². The van der Waals surface area contributed by atoms with Crippen molar-refractivity contribution in [2.45, 2.75) is 40.0 Å². The van der Waals surface area contributed by atoms with Crippen molar-refractivity contribution in [3.05, 3.63) is 10.7 Å². The number of aromatic nitrogens is 1. The summed E-state index contributed by atoms with van der Waals surface area (Å²) < 4.78 is 5.01. The quantitative estimate of drug-likeness (QED) is 0.924. The molecular formula is C15H23N3O3S. The number of aryl methyl sites for hydroxylation is 2. The molecule has 1 aromatic rings. The monoisotopic (exact) mass is 325 g/mol. The second-order valence-electron chi connectivity index (χ2n) is 5.35. The molecule has 1 aromatic heterocycles. The summed E-state index contributed by atoms with van der Waals surface area (Å²) in [6.07, 6.45) is 2.14. The van der Waals surface area contributed by atoms with Crippen LogP contribution in [0.3, 0.4) is 0 Å². The summed E-state index contributed by atoms with van der Waals surface area (Å²) >= 11 is 1.52. The van der Waals surface area contributed by atoms with Gasteiger partial charge in [-0.05, 0) is 33.1 Å². The molecule has 1 fully saturated rings. The number of anilines is 1. The van der Waals surface area contributed by atoms with Crippen LogP contribution >= 0.6 is 11.3 Å². The molecule has 22 heavy (non-hydrogen) atoms. The summed E-state index contributed by atoms with van der Waals surface area (Å²) in [6, 6.07) is 0. The molecule has 1 N–H and O–H groups in total. The second kappa shape index (κ2) is 7.58. The molecule has 7 heteroatoms. The smallest absolute Gasteiger partial charge is 0.409 e. The predicted molar refractivity (Wildman–Crippen MR) is 86.2 cm³/mol. The molecule has 0 bridgehead atoms. The Balaban J connectivity index is 1.96. The molecule has 2 rings (SSSR count). The number of thiazole rings is 1. The van der Waals surface area contributed by atoms with Gasteiger partial charge in [-0.2, -0.15) is 0 Å². The van der Waals surface area contributed by atoms with E-state index in [-0.39, 0.29) is 17.9 Å². The second-order valence-corrected chi connectivity index (χ2v) is 6.43. The van der Waals surface area contributed by atoms with Gasteiger partial charge in [-0.3, -0.25) is 4.79 Å². The Labute approximate surface area is 134 Å². The van der Waals surface area contributed by atoms with E-state index in [1.807, 2.05) is 13.8 Å². The van der Waals surface area contributed by atoms with Crippen LogP contribution in [0.25, 0.3) is 0 Å². The maximum Gasteiger partial charge on any atom is 0.409 e. The van der Waals surface area contributed by atoms with Gasteiger partial charge in [0, 0.05) is 13.1 Å². The van der Waals surface area contributed by atoms with E-state index in [9.17, 15) is 9.59 Å². The molecule has 0 unspecified atom stereocenters. The first-order valence-corrected chi connectivity index (χ1v) is 8.55. The number of nitrogens with one attached hydrogen (secondary N) is 1. The van der Waals surface area contributed by atoms with Gasteiger partial charge in [0.15, 0.2) is 0 Å². The number of nitrogens with zero attached hydrogens (tertiary/aromatic N) is 2. The molecule has 2 amide bonds. The van der Waals surface area contributed by atoms with Crippen LogP contribution in [0.1, 0.15) is 37.4 Å². The van der Waals surface area contributed by atoms with Gasteiger partial charge in [-0.25, -0.2) is 9.78 Å². The van der Waals surface area contributed by atoms with Crippen LogP contribution < -0.4 is 5.32 Å². The Kier molecular flexibility index (Phi) is 5.76. The van der Waals surface area contributed by atoms with E-state index in [1.54, 1.807) is 11.8 Å². The highest BCUT2D eigenvalue weighted by atomic mass is 32.1. The molecule has 1 saturated heterocycles. The molecule has 0 radical (unpaired) electrons. The SMILES string of the molecule is CCOC(=O)N1CCC[C@H](C(=O)Nc2sc(CC)nc2C)C1. The fraction of sp³-hybridized carbons (Fsp3) is 0.667. The van der Waals surface area contributed by atoms with Gasteiger partial charge in [-0.15, -0.1) is 11.3 Å². The third kappa shape index (κ3) is 3.97. The zero-order valence-electron chi connectivity index (χ0n) is 13.3. The lowest BCUT2D eigenvalue weighted by Gasteiger charge is -2.31. The summed E-state index contributed by atoms with van der Waals surface area (Å²) in [7, 11) is 0. The largest absolute Gasteiger partial charge is 0.450 e. The molecule has 1 atom stereocenters. The number of hydrogen-bond donors (Lipinski definition) is 1. The normalized spacial score (nSPS) is 18.1. The van der Waals surface area contributed by atoms with Crippen molar-refractivity contribution >= 4 is 28.3 Å². The molecule has 1 aliphatic heterocycles. The van der Waals surface area contributed by atoms with Crippen molar-refractivity contribution in [2.24, 2.45) is 5.92 Å². The molecule has 6 nitrogen and oxygen atoms in total. The fourth-order valence-corrected chi connectivity index (χ4v) is 3.41. The van der Waals surface area contributed by atoms with Crippen LogP contribution in [0.15, 0.2) is 0 Å². The predicted octanol–water partition coefficient (Wildman–Crippen LogP) is 2.82. The average Bonchev–Trinajstić information content (AvgIpc) is 2.88. The summed E-state index contributed by atoms with van der Waals surface area (Å²) in [4.78, 5) is 30.3. The topological polar surface area (TPSA) is 71.5 Å². The number of ether oxygens (including phenoxy) is 1. The number of carbonyl (C=O) groups is 2. The van der Waals surface area contributed by atoms with Crippen LogP contribution in [0.5, 0.6) is 0 Å². The van der Waals surface area contributed by atoms with Gasteiger partial charge < -0.3 is 15.0 Å². The minimum atomic E-state index is -0.331. The number of carbonyl (C=O) groups excluding carboxylic acids is 2. The van der Waals surface area contributed by atoms with Gasteiger partial charge in [-0.1, -0.05) is 6.92 Å². The zero-order chi connectivity index (χ0) is 16.1. The lowest BCUT2D eigenvalue weighted by Crippen LogP contribution is -2.44. The van der Waals surface area contributed by atoms with Crippen molar-refractivity contribution in [2.75, 3.05) is 25.0 Å². The fourth-order valence-electron chi connectivity index (χ4n) is 2.51. The molecule has 122 valence electrons. The van der Waals surface area contributed by atoms with Crippen LogP contribution in [0.2, 0.25) is 0 Å². The van der Waals surface area contributed by atoms with E-state index < -0.39 is 0 Å². The summed E-state index contributed by atoms with van der Waals surface area (Å²) in [5, 5.41) is 4.80. The highest BCUT2D eigenvalue weighted by Crippen LogP contribution is 2.26. The first kappa shape index (κ1) is 16.7. The van der Waals surface area contributed by atoms with Crippen LogP contribution in [-0.2, 0) is 16.0 Å². The maximum atomic E-state index is 12.4. The molecule has 0 aromatic carbocycles. The van der Waals surface area contributed by atoms with Crippen molar-refractivity contribution < 1.29 is 14.3 Å². The summed E-state index contributed by atoms with van der Waals surface area (Å²) in [5.74, 6) is -0.229. The Morgan fingerprint density at radius 3 is 2.86 bits per heavy atom. The lowest BCUT2D eigenvalue weighted by molar-refractivity contribution is -0.121. The highest BCUT2D eigenvalue weighted by Gasteiger charge is 2.29. The van der Waals surface area contributed by atoms with Crippen LogP contribution in [0, 0.1) is 12.8 Å². The number of likely N-dealkylation sites (tertiary alicyclic amines) is 1. The van der Waals surface area contributed by atoms with Gasteiger partial charge in [0.25, 0.3) is 0 Å². The van der Waals surface area contributed by atoms with E-state index in [0.29, 0.717) is 19.7 Å². The van der Waals surface area contributed by atoms with Crippen molar-refractivity contribution in [3.63, 3.8) is 0 Å². The van der Waals surface area contributed by atoms with Gasteiger partial charge in [0.05, 0.1) is 23.2 Å². The molecule has 0 aliphatic carbocycles. The van der Waals surface area contributed by atoms with E-state index in [4.69, 9.17) is 4.74 Å². The van der Waals surface area contributed by atoms with E-state index in [0.717, 1.165) is 35.0 Å². The van der Waals surface area contributed by atoms with Gasteiger partial charge >= 0.3 is 6.09 Å². The minimum Gasteiger partial charge on any atom is -0.450 e. The molecule has 0 spiro atoms. The Bertz CT molecular complexity index is 544. The third-order valence-corrected chi connectivity index (χ3v) is 4.92. The molecular weight excluding hydrogens is 302 g/mol. The summed E-state index contributed by atoms with van der Waals surface area (Å²) in [6.45, 7) is 7.15. The number of rotatable bonds is 4. The first-order chi connectivity index (χ1) is 10.5. The lowest BCUT2D eigenvalue weighted by atomic mass is 9.97. The first-order valence-electron chi connectivity index (χ1n) is 7.74. The Hall–Kier alpha value is -1.63. The average molecular weight is 325 g/mol. The Morgan fingerprint density at radius 2 is 2.23 bits per heavy atom. The van der Waals surface area contributed by atoms with Crippen molar-refractivity contribution in [1.82, 2.24) is 9.88 Å². The maximum absolute atomic E-state index is 12.4. The molecule has 2 heterocycles. The summed E-state index contributed by atoms with van der Waals surface area (Å²) in [5.41, 5.74) is 0.855. The third-order valence-electron chi connectivity index (χ3n) is 3.70. The molecule has 0 saturated carbocycles. The van der Waals surface area contributed by atoms with Gasteiger partial charge in [0.2, 0.25) is 5.91 Å². The minimum absolute atomic E-state index is 0.0385. The number of hydrogen-bond acceptors (Lipinski definition) is 5. The van der Waals surface area contributed by atoms with E-state index in [1.165, 1.54) is 11.3 Å². The van der Waals surface area contributed by atoms with Crippen molar-refractivity contribution in [1.29, 1.82) is 0 Å². The van der Waals surface area contributed by atoms with E-state index in [2.05, 4.69) is 10.3 Å². The Morgan fingerprint density at radius 1 is 1.45 bits per heavy atom.